The van der Waals surface area contributed by atoms with E-state index in [2.05, 4.69) is 13.8 Å². The maximum absolute atomic E-state index is 12.2. The molecule has 0 aromatic heterocycles. The number of hydrogen-bond donors (Lipinski definition) is 2. The minimum atomic E-state index is -0.674. The molecule has 0 amide bonds. The predicted octanol–water partition coefficient (Wildman–Crippen LogP) is 2.91. The predicted molar refractivity (Wildman–Crippen MR) is 98.2 cm³/mol. The van der Waals surface area contributed by atoms with Crippen molar-refractivity contribution >= 4 is 11.6 Å². The summed E-state index contributed by atoms with van der Waals surface area (Å²) in [7, 11) is 0. The first-order valence-corrected chi connectivity index (χ1v) is 10.2. The van der Waals surface area contributed by atoms with Crippen LogP contribution in [0.1, 0.15) is 59.8 Å². The SMILES string of the molecule is CC(=O)[C@H]1CC[C@H]2[C@@H]3C(O)C(C)C4=CC(=O)CC(O)[C@]4(C)[C@H]3CC[C@]12C. The van der Waals surface area contributed by atoms with E-state index in [0.717, 1.165) is 31.3 Å². The van der Waals surface area contributed by atoms with Gasteiger partial charge in [0.1, 0.15) is 5.78 Å². The molecule has 4 aliphatic carbocycles. The second kappa shape index (κ2) is 5.75. The van der Waals surface area contributed by atoms with Gasteiger partial charge >= 0.3 is 0 Å². The van der Waals surface area contributed by atoms with Crippen molar-refractivity contribution in [3.8, 4) is 0 Å². The number of hydrogen-bond acceptors (Lipinski definition) is 4. The van der Waals surface area contributed by atoms with E-state index in [4.69, 9.17) is 0 Å². The molecule has 0 spiro atoms. The summed E-state index contributed by atoms with van der Waals surface area (Å²) in [5, 5.41) is 22.2. The van der Waals surface area contributed by atoms with E-state index >= 15 is 0 Å². The second-order valence-corrected chi connectivity index (χ2v) is 9.92. The molecule has 0 saturated heterocycles. The van der Waals surface area contributed by atoms with Gasteiger partial charge in [-0.15, -0.1) is 0 Å². The standard InChI is InChI=1S/C22H32O4/c1-11-17-9-13(24)10-18(25)22(17,4)16-7-8-21(3)14(12(2)23)5-6-15(21)19(16)20(11)26/h9,11,14-16,18-20,25-26H,5-8,10H2,1-4H3/t11?,14-,15+,16+,18?,19+,20?,21-,22-/m1/s1. The molecule has 4 aliphatic rings. The molecular weight excluding hydrogens is 328 g/mol. The lowest BCUT2D eigenvalue weighted by atomic mass is 9.44. The van der Waals surface area contributed by atoms with Gasteiger partial charge in [-0.05, 0) is 61.9 Å². The fourth-order valence-electron chi connectivity index (χ4n) is 7.62. The van der Waals surface area contributed by atoms with Gasteiger partial charge in [-0.2, -0.15) is 0 Å². The highest BCUT2D eigenvalue weighted by Gasteiger charge is 2.64. The van der Waals surface area contributed by atoms with E-state index in [0.29, 0.717) is 5.92 Å². The number of ketones is 2. The van der Waals surface area contributed by atoms with Crippen LogP contribution in [0.4, 0.5) is 0 Å². The zero-order chi connectivity index (χ0) is 19.0. The molecule has 4 rings (SSSR count). The van der Waals surface area contributed by atoms with Gasteiger partial charge in [0.25, 0.3) is 0 Å². The number of carbonyl (C=O) groups excluding carboxylic acids is 2. The van der Waals surface area contributed by atoms with Gasteiger partial charge in [-0.25, -0.2) is 0 Å². The van der Waals surface area contributed by atoms with E-state index in [-0.39, 0.29) is 47.1 Å². The van der Waals surface area contributed by atoms with E-state index in [1.165, 1.54) is 0 Å². The van der Waals surface area contributed by atoms with Crippen LogP contribution in [0.15, 0.2) is 11.6 Å². The third kappa shape index (κ3) is 2.15. The Morgan fingerprint density at radius 1 is 1.15 bits per heavy atom. The van der Waals surface area contributed by atoms with Crippen LogP contribution in [0.25, 0.3) is 0 Å². The molecule has 9 atom stereocenters. The summed E-state index contributed by atoms with van der Waals surface area (Å²) >= 11 is 0. The van der Waals surface area contributed by atoms with Crippen molar-refractivity contribution < 1.29 is 19.8 Å². The van der Waals surface area contributed by atoms with E-state index in [1.54, 1.807) is 13.0 Å². The number of aliphatic hydroxyl groups is 2. The molecule has 3 fully saturated rings. The monoisotopic (exact) mass is 360 g/mol. The molecule has 2 N–H and O–H groups in total. The zero-order valence-electron chi connectivity index (χ0n) is 16.4. The lowest BCUT2D eigenvalue weighted by Gasteiger charge is -2.62. The van der Waals surface area contributed by atoms with Crippen molar-refractivity contribution in [2.24, 2.45) is 40.4 Å². The number of carbonyl (C=O) groups is 2. The first-order chi connectivity index (χ1) is 12.1. The Morgan fingerprint density at radius 3 is 2.50 bits per heavy atom. The highest BCUT2D eigenvalue weighted by Crippen LogP contribution is 2.67. The molecule has 0 bridgehead atoms. The lowest BCUT2D eigenvalue weighted by Crippen LogP contribution is -2.61. The summed E-state index contributed by atoms with van der Waals surface area (Å²) in [5.41, 5.74) is 0.466. The minimum Gasteiger partial charge on any atom is -0.392 e. The van der Waals surface area contributed by atoms with Gasteiger partial charge in [0.15, 0.2) is 5.78 Å². The van der Waals surface area contributed by atoms with Crippen LogP contribution >= 0.6 is 0 Å². The molecule has 26 heavy (non-hydrogen) atoms. The van der Waals surface area contributed by atoms with Gasteiger partial charge in [-0.3, -0.25) is 9.59 Å². The molecule has 3 saturated carbocycles. The lowest BCUT2D eigenvalue weighted by molar-refractivity contribution is -0.158. The first-order valence-electron chi connectivity index (χ1n) is 10.2. The third-order valence-corrected chi connectivity index (χ3v) is 9.02. The smallest absolute Gasteiger partial charge is 0.158 e. The van der Waals surface area contributed by atoms with Gasteiger partial charge in [-0.1, -0.05) is 26.3 Å². The van der Waals surface area contributed by atoms with Gasteiger partial charge in [0.2, 0.25) is 0 Å². The molecule has 4 heteroatoms. The molecule has 0 aromatic carbocycles. The van der Waals surface area contributed by atoms with Crippen LogP contribution in [0.2, 0.25) is 0 Å². The van der Waals surface area contributed by atoms with Crippen LogP contribution in [-0.2, 0) is 9.59 Å². The average Bonchev–Trinajstić information content (AvgIpc) is 2.92. The van der Waals surface area contributed by atoms with Crippen LogP contribution in [0, 0.1) is 40.4 Å². The molecule has 0 radical (unpaired) electrons. The highest BCUT2D eigenvalue weighted by molar-refractivity contribution is 5.92. The van der Waals surface area contributed by atoms with Crippen molar-refractivity contribution in [2.45, 2.75) is 72.0 Å². The largest absolute Gasteiger partial charge is 0.392 e. The Morgan fingerprint density at radius 2 is 1.85 bits per heavy atom. The van der Waals surface area contributed by atoms with E-state index < -0.39 is 17.6 Å². The molecule has 0 heterocycles. The van der Waals surface area contributed by atoms with Crippen molar-refractivity contribution in [3.63, 3.8) is 0 Å². The summed E-state index contributed by atoms with van der Waals surface area (Å²) in [6.07, 6.45) is 4.48. The summed E-state index contributed by atoms with van der Waals surface area (Å²) in [6, 6.07) is 0. The van der Waals surface area contributed by atoms with Crippen molar-refractivity contribution in [1.82, 2.24) is 0 Å². The Hall–Kier alpha value is -1.00. The van der Waals surface area contributed by atoms with Crippen molar-refractivity contribution in [3.05, 3.63) is 11.6 Å². The molecule has 0 aliphatic heterocycles. The van der Waals surface area contributed by atoms with Crippen LogP contribution in [-0.4, -0.2) is 34.0 Å². The van der Waals surface area contributed by atoms with Gasteiger partial charge in [0, 0.05) is 23.7 Å². The summed E-state index contributed by atoms with van der Waals surface area (Å²) < 4.78 is 0. The van der Waals surface area contributed by atoms with Gasteiger partial charge < -0.3 is 10.2 Å². The number of Topliss-reactive ketones (excluding diaryl/α,β-unsaturated/α-hetero) is 1. The minimum absolute atomic E-state index is 0.0272. The quantitative estimate of drug-likeness (QED) is 0.754. The Kier molecular flexibility index (Phi) is 4.06. The fourth-order valence-corrected chi connectivity index (χ4v) is 7.62. The van der Waals surface area contributed by atoms with Crippen LogP contribution in [0.5, 0.6) is 0 Å². The fraction of sp³-hybridized carbons (Fsp3) is 0.818. The molecular formula is C22H32O4. The third-order valence-electron chi connectivity index (χ3n) is 9.02. The Labute approximate surface area is 156 Å². The van der Waals surface area contributed by atoms with Crippen LogP contribution < -0.4 is 0 Å². The maximum Gasteiger partial charge on any atom is 0.158 e. The van der Waals surface area contributed by atoms with E-state index in [1.807, 2.05) is 6.92 Å². The molecule has 0 aromatic rings. The molecule has 3 unspecified atom stereocenters. The normalized spacial score (nSPS) is 53.4. The first kappa shape index (κ1) is 18.4. The Balaban J connectivity index is 1.79. The topological polar surface area (TPSA) is 74.6 Å². The summed E-state index contributed by atoms with van der Waals surface area (Å²) in [6.45, 7) is 8.07. The van der Waals surface area contributed by atoms with Crippen LogP contribution in [0.3, 0.4) is 0 Å². The molecule has 4 nitrogen and oxygen atoms in total. The molecule has 144 valence electrons. The van der Waals surface area contributed by atoms with Crippen molar-refractivity contribution in [2.75, 3.05) is 0 Å². The van der Waals surface area contributed by atoms with Crippen molar-refractivity contribution in [1.29, 1.82) is 0 Å². The number of fused-ring (bicyclic) bond motifs is 5. The average molecular weight is 360 g/mol. The highest BCUT2D eigenvalue weighted by atomic mass is 16.3. The zero-order valence-corrected chi connectivity index (χ0v) is 16.4. The number of rotatable bonds is 1. The number of aliphatic hydroxyl groups excluding tert-OH is 2. The Bertz CT molecular complexity index is 682. The summed E-state index contributed by atoms with van der Waals surface area (Å²) in [5.74, 6) is 0.806. The summed E-state index contributed by atoms with van der Waals surface area (Å²) in [4.78, 5) is 24.3. The van der Waals surface area contributed by atoms with Gasteiger partial charge in [0.05, 0.1) is 12.2 Å². The van der Waals surface area contributed by atoms with E-state index in [9.17, 15) is 19.8 Å². The maximum atomic E-state index is 12.2. The second-order valence-electron chi connectivity index (χ2n) is 9.92.